The summed E-state index contributed by atoms with van der Waals surface area (Å²) in [7, 11) is -2.88. The maximum absolute atomic E-state index is 10.4. The number of hydrogen-bond donors (Lipinski definition) is 0. The second-order valence-corrected chi connectivity index (χ2v) is 8.48. The monoisotopic (exact) mass is 151 g/mol. The zero-order chi connectivity index (χ0) is 6.78. The fourth-order valence-electron chi connectivity index (χ4n) is 0.386. The highest BCUT2D eigenvalue weighted by Crippen LogP contribution is 2.22. The summed E-state index contributed by atoms with van der Waals surface area (Å²) >= 11 is 0. The van der Waals surface area contributed by atoms with Crippen LogP contribution in [-0.4, -0.2) is 15.0 Å². The van der Waals surface area contributed by atoms with E-state index in [-0.39, 0.29) is 0 Å². The quantitative estimate of drug-likeness (QED) is 0.446. The van der Waals surface area contributed by atoms with Gasteiger partial charge >= 0.3 is 8.03 Å². The van der Waals surface area contributed by atoms with Crippen molar-refractivity contribution in [3.63, 3.8) is 0 Å². The third-order valence-electron chi connectivity index (χ3n) is 0.402. The Morgan fingerprint density at radius 1 is 1.38 bits per heavy atom. The van der Waals surface area contributed by atoms with E-state index < -0.39 is 16.3 Å². The van der Waals surface area contributed by atoms with Crippen LogP contribution in [0.1, 0.15) is 0 Å². The van der Waals surface area contributed by atoms with Crippen LogP contribution in [-0.2, 0) is 8.78 Å². The summed E-state index contributed by atoms with van der Waals surface area (Å²) < 4.78 is 15.5. The summed E-state index contributed by atoms with van der Waals surface area (Å²) in [6.07, 6.45) is 0. The fraction of sp³-hybridized carbons (Fsp3) is 1.00. The summed E-state index contributed by atoms with van der Waals surface area (Å²) in [5, 5.41) is 0. The van der Waals surface area contributed by atoms with Gasteiger partial charge in [-0.05, 0) is 24.2 Å². The summed E-state index contributed by atoms with van der Waals surface area (Å²) in [5.74, 6) is 0. The molecule has 0 rings (SSSR count). The molecule has 0 spiro atoms. The van der Waals surface area contributed by atoms with Crippen LogP contribution in [0, 0.1) is 0 Å². The SMILES string of the molecule is C[P+](=O)O[Si](C)(C)C. The van der Waals surface area contributed by atoms with Gasteiger partial charge in [-0.2, -0.15) is 0 Å². The molecule has 0 aliphatic rings. The van der Waals surface area contributed by atoms with E-state index in [2.05, 4.69) is 0 Å². The van der Waals surface area contributed by atoms with Crippen LogP contribution in [0.3, 0.4) is 0 Å². The molecule has 0 aromatic carbocycles. The molecule has 8 heavy (non-hydrogen) atoms. The Hall–Kier alpha value is 0.277. The largest absolute Gasteiger partial charge is 0.493 e. The minimum atomic E-state index is -1.50. The van der Waals surface area contributed by atoms with E-state index in [4.69, 9.17) is 4.21 Å². The topological polar surface area (TPSA) is 26.3 Å². The first-order valence-electron chi connectivity index (χ1n) is 2.52. The Kier molecular flexibility index (Phi) is 2.81. The van der Waals surface area contributed by atoms with Crippen LogP contribution in [0.2, 0.25) is 19.6 Å². The van der Waals surface area contributed by atoms with E-state index in [9.17, 15) is 4.57 Å². The van der Waals surface area contributed by atoms with Crippen molar-refractivity contribution in [2.75, 3.05) is 6.66 Å². The first-order valence-corrected chi connectivity index (χ1v) is 7.55. The van der Waals surface area contributed by atoms with Crippen molar-refractivity contribution in [3.05, 3.63) is 0 Å². The highest BCUT2D eigenvalue weighted by molar-refractivity contribution is 7.40. The zero-order valence-electron chi connectivity index (χ0n) is 5.76. The summed E-state index contributed by atoms with van der Waals surface area (Å²) in [5.41, 5.74) is 0. The average molecular weight is 151 g/mol. The lowest BCUT2D eigenvalue weighted by molar-refractivity contribution is 0.510. The van der Waals surface area contributed by atoms with Crippen molar-refractivity contribution >= 4 is 16.3 Å². The van der Waals surface area contributed by atoms with Gasteiger partial charge in [0.2, 0.25) is 0 Å². The zero-order valence-corrected chi connectivity index (χ0v) is 7.66. The lowest BCUT2D eigenvalue weighted by Gasteiger charge is -2.03. The van der Waals surface area contributed by atoms with E-state index in [1.54, 1.807) is 6.66 Å². The Labute approximate surface area is 52.2 Å². The summed E-state index contributed by atoms with van der Waals surface area (Å²) in [4.78, 5) is 0. The standard InChI is InChI=1S/C4H12O2PSi/c1-7(5)6-8(2,3)4/h1-4H3/q+1. The molecule has 0 aliphatic heterocycles. The van der Waals surface area contributed by atoms with Crippen LogP contribution in [0.15, 0.2) is 0 Å². The molecule has 0 saturated carbocycles. The van der Waals surface area contributed by atoms with Crippen molar-refractivity contribution in [1.82, 2.24) is 0 Å². The molecule has 0 fully saturated rings. The molecule has 0 aliphatic carbocycles. The summed E-state index contributed by atoms with van der Waals surface area (Å²) in [6.45, 7) is 7.64. The maximum Gasteiger partial charge on any atom is 0.493 e. The molecule has 0 bridgehead atoms. The Bertz CT molecular complexity index is 96.7. The molecule has 0 radical (unpaired) electrons. The predicted molar refractivity (Wildman–Crippen MR) is 38.0 cm³/mol. The molecular weight excluding hydrogens is 139 g/mol. The highest BCUT2D eigenvalue weighted by atomic mass is 31.1. The van der Waals surface area contributed by atoms with E-state index in [1.165, 1.54) is 0 Å². The van der Waals surface area contributed by atoms with E-state index in [1.807, 2.05) is 19.6 Å². The Morgan fingerprint density at radius 3 is 1.75 bits per heavy atom. The van der Waals surface area contributed by atoms with Crippen molar-refractivity contribution in [2.24, 2.45) is 0 Å². The molecule has 0 amide bonds. The third kappa shape index (κ3) is 6.28. The molecule has 0 saturated heterocycles. The van der Waals surface area contributed by atoms with Gasteiger partial charge in [0.1, 0.15) is 0 Å². The first kappa shape index (κ1) is 8.28. The van der Waals surface area contributed by atoms with Crippen molar-refractivity contribution in [2.45, 2.75) is 19.6 Å². The minimum Gasteiger partial charge on any atom is -0.203 e. The van der Waals surface area contributed by atoms with Gasteiger partial charge in [0.25, 0.3) is 8.32 Å². The van der Waals surface area contributed by atoms with Crippen LogP contribution in [0.4, 0.5) is 0 Å². The van der Waals surface area contributed by atoms with Gasteiger partial charge in [-0.25, -0.2) is 4.21 Å². The van der Waals surface area contributed by atoms with E-state index >= 15 is 0 Å². The molecule has 0 aromatic rings. The van der Waals surface area contributed by atoms with Crippen LogP contribution < -0.4 is 0 Å². The lowest BCUT2D eigenvalue weighted by atomic mass is 11.8. The van der Waals surface area contributed by atoms with Crippen molar-refractivity contribution in [1.29, 1.82) is 0 Å². The Morgan fingerprint density at radius 2 is 1.75 bits per heavy atom. The smallest absolute Gasteiger partial charge is 0.203 e. The van der Waals surface area contributed by atoms with E-state index in [0.717, 1.165) is 0 Å². The molecular formula is C4H12O2PSi+. The third-order valence-corrected chi connectivity index (χ3v) is 3.62. The van der Waals surface area contributed by atoms with E-state index in [0.29, 0.717) is 0 Å². The molecule has 0 heterocycles. The van der Waals surface area contributed by atoms with Gasteiger partial charge in [-0.15, -0.1) is 0 Å². The van der Waals surface area contributed by atoms with Gasteiger partial charge in [0.05, 0.1) is 0 Å². The normalized spacial score (nSPS) is 13.8. The van der Waals surface area contributed by atoms with Gasteiger partial charge in [-0.1, -0.05) is 0 Å². The lowest BCUT2D eigenvalue weighted by Crippen LogP contribution is -2.20. The van der Waals surface area contributed by atoms with Gasteiger partial charge < -0.3 is 0 Å². The van der Waals surface area contributed by atoms with Gasteiger partial charge in [-0.3, -0.25) is 0 Å². The van der Waals surface area contributed by atoms with Crippen LogP contribution in [0.5, 0.6) is 0 Å². The second kappa shape index (κ2) is 2.71. The van der Waals surface area contributed by atoms with Gasteiger partial charge in [0.15, 0.2) is 6.66 Å². The molecule has 2 nitrogen and oxygen atoms in total. The summed E-state index contributed by atoms with van der Waals surface area (Å²) in [6, 6.07) is 0. The first-order chi connectivity index (χ1) is 3.42. The minimum absolute atomic E-state index is 1.38. The molecule has 1 atom stereocenters. The van der Waals surface area contributed by atoms with Crippen LogP contribution >= 0.6 is 8.03 Å². The van der Waals surface area contributed by atoms with Gasteiger partial charge in [0, 0.05) is 0 Å². The molecule has 48 valence electrons. The van der Waals surface area contributed by atoms with Crippen LogP contribution in [0.25, 0.3) is 0 Å². The van der Waals surface area contributed by atoms with Crippen molar-refractivity contribution < 1.29 is 8.78 Å². The average Bonchev–Trinajstić information content (AvgIpc) is 1.21. The highest BCUT2D eigenvalue weighted by Gasteiger charge is 2.25. The second-order valence-electron chi connectivity index (χ2n) is 2.64. The Balaban J connectivity index is 3.55. The molecule has 0 N–H and O–H groups in total. The fourth-order valence-corrected chi connectivity index (χ4v) is 3.47. The molecule has 4 heteroatoms. The number of hydrogen-bond acceptors (Lipinski definition) is 2. The molecule has 0 aromatic heterocycles. The molecule has 1 unspecified atom stereocenters. The predicted octanol–water partition coefficient (Wildman–Crippen LogP) is 2.21. The number of rotatable bonds is 2. The maximum atomic E-state index is 10.4. The van der Waals surface area contributed by atoms with Crippen molar-refractivity contribution in [3.8, 4) is 0 Å².